The van der Waals surface area contributed by atoms with Gasteiger partial charge < -0.3 is 14.0 Å². The van der Waals surface area contributed by atoms with Crippen LogP contribution in [0.15, 0.2) is 78.0 Å². The van der Waals surface area contributed by atoms with Crippen molar-refractivity contribution in [3.05, 3.63) is 95.2 Å². The van der Waals surface area contributed by atoms with Crippen molar-refractivity contribution in [2.75, 3.05) is 14.2 Å². The molecule has 0 radical (unpaired) electrons. The SMILES string of the molecule is COc1ccc(CC(=O)N/N=C\c2cn(Cc3ccc(C)cc3)c3ccccc23)cc1OC. The van der Waals surface area contributed by atoms with Crippen LogP contribution in [0.25, 0.3) is 10.9 Å². The standard InChI is InChI=1S/C27H27N3O3/c1-19-8-10-20(11-9-19)17-30-18-22(23-6-4-5-7-24(23)30)16-28-29-27(31)15-21-12-13-25(32-2)26(14-21)33-3/h4-14,16,18H,15,17H2,1-3H3,(H,29,31)/b28-16-. The van der Waals surface area contributed by atoms with E-state index in [1.165, 1.54) is 11.1 Å². The third-order valence-corrected chi connectivity index (χ3v) is 5.50. The van der Waals surface area contributed by atoms with Crippen LogP contribution in [0.3, 0.4) is 0 Å². The Morgan fingerprint density at radius 1 is 0.970 bits per heavy atom. The Morgan fingerprint density at radius 3 is 2.45 bits per heavy atom. The van der Waals surface area contributed by atoms with Gasteiger partial charge in [-0.05, 0) is 36.2 Å². The van der Waals surface area contributed by atoms with Crippen molar-refractivity contribution >= 4 is 23.0 Å². The Hall–Kier alpha value is -4.06. The first-order valence-corrected chi connectivity index (χ1v) is 10.7. The van der Waals surface area contributed by atoms with Crippen LogP contribution in [0.2, 0.25) is 0 Å². The van der Waals surface area contributed by atoms with Gasteiger partial charge in [0.15, 0.2) is 11.5 Å². The molecule has 0 atom stereocenters. The number of hydrazone groups is 1. The molecule has 4 aromatic rings. The molecule has 0 saturated heterocycles. The molecule has 0 aliphatic heterocycles. The Labute approximate surface area is 193 Å². The van der Waals surface area contributed by atoms with E-state index >= 15 is 0 Å². The normalized spacial score (nSPS) is 11.1. The molecule has 1 heterocycles. The fourth-order valence-electron chi connectivity index (χ4n) is 3.79. The summed E-state index contributed by atoms with van der Waals surface area (Å²) in [6.45, 7) is 2.85. The summed E-state index contributed by atoms with van der Waals surface area (Å²) in [6, 6.07) is 22.1. The molecular weight excluding hydrogens is 414 g/mol. The number of fused-ring (bicyclic) bond motifs is 1. The van der Waals surface area contributed by atoms with E-state index in [1.54, 1.807) is 32.6 Å². The van der Waals surface area contributed by atoms with Gasteiger partial charge in [-0.2, -0.15) is 5.10 Å². The average Bonchev–Trinajstić information content (AvgIpc) is 3.18. The Morgan fingerprint density at radius 2 is 1.70 bits per heavy atom. The second kappa shape index (κ2) is 10.0. The van der Waals surface area contributed by atoms with E-state index in [0.29, 0.717) is 11.5 Å². The van der Waals surface area contributed by atoms with E-state index in [1.807, 2.05) is 18.2 Å². The lowest BCUT2D eigenvalue weighted by Crippen LogP contribution is -2.19. The number of carbonyl (C=O) groups excluding carboxylic acids is 1. The van der Waals surface area contributed by atoms with Crippen molar-refractivity contribution < 1.29 is 14.3 Å². The van der Waals surface area contributed by atoms with Crippen molar-refractivity contribution in [2.24, 2.45) is 5.10 Å². The number of amides is 1. The van der Waals surface area contributed by atoms with Gasteiger partial charge in [0.25, 0.3) is 0 Å². The largest absolute Gasteiger partial charge is 0.493 e. The molecule has 0 unspecified atom stereocenters. The first-order chi connectivity index (χ1) is 16.1. The van der Waals surface area contributed by atoms with E-state index in [4.69, 9.17) is 9.47 Å². The molecule has 0 spiro atoms. The molecule has 33 heavy (non-hydrogen) atoms. The van der Waals surface area contributed by atoms with Crippen LogP contribution in [0.5, 0.6) is 11.5 Å². The molecule has 168 valence electrons. The molecule has 6 heteroatoms. The molecule has 3 aromatic carbocycles. The number of nitrogens with zero attached hydrogens (tertiary/aromatic N) is 2. The summed E-state index contributed by atoms with van der Waals surface area (Å²) in [6.07, 6.45) is 3.95. The Kier molecular flexibility index (Phi) is 6.74. The van der Waals surface area contributed by atoms with Crippen LogP contribution >= 0.6 is 0 Å². The minimum atomic E-state index is -0.207. The number of ether oxygens (including phenoxy) is 2. The number of nitrogens with one attached hydrogen (secondary N) is 1. The van der Waals surface area contributed by atoms with Crippen molar-refractivity contribution in [3.63, 3.8) is 0 Å². The minimum Gasteiger partial charge on any atom is -0.493 e. The second-order valence-electron chi connectivity index (χ2n) is 7.87. The van der Waals surface area contributed by atoms with Crippen molar-refractivity contribution in [2.45, 2.75) is 19.9 Å². The van der Waals surface area contributed by atoms with E-state index in [9.17, 15) is 4.79 Å². The second-order valence-corrected chi connectivity index (χ2v) is 7.87. The average molecular weight is 442 g/mol. The van der Waals surface area contributed by atoms with Crippen LogP contribution < -0.4 is 14.9 Å². The topological polar surface area (TPSA) is 64.8 Å². The zero-order valence-electron chi connectivity index (χ0n) is 19.0. The maximum absolute atomic E-state index is 12.4. The van der Waals surface area contributed by atoms with Gasteiger partial charge >= 0.3 is 0 Å². The molecular formula is C27H27N3O3. The van der Waals surface area contributed by atoms with E-state index < -0.39 is 0 Å². The number of aryl methyl sites for hydroxylation is 1. The zero-order chi connectivity index (χ0) is 23.2. The van der Waals surface area contributed by atoms with Crippen LogP contribution in [0.1, 0.15) is 22.3 Å². The first-order valence-electron chi connectivity index (χ1n) is 10.7. The number of hydrogen-bond acceptors (Lipinski definition) is 4. The lowest BCUT2D eigenvalue weighted by atomic mass is 10.1. The highest BCUT2D eigenvalue weighted by atomic mass is 16.5. The van der Waals surface area contributed by atoms with Gasteiger partial charge in [-0.25, -0.2) is 5.43 Å². The number of benzene rings is 3. The van der Waals surface area contributed by atoms with E-state index in [0.717, 1.165) is 28.6 Å². The van der Waals surface area contributed by atoms with Crippen molar-refractivity contribution in [3.8, 4) is 11.5 Å². The highest BCUT2D eigenvalue weighted by Crippen LogP contribution is 2.27. The van der Waals surface area contributed by atoms with Crippen LogP contribution in [0.4, 0.5) is 0 Å². The predicted molar refractivity (Wildman–Crippen MR) is 131 cm³/mol. The number of rotatable bonds is 8. The summed E-state index contributed by atoms with van der Waals surface area (Å²) in [5, 5.41) is 5.29. The third-order valence-electron chi connectivity index (χ3n) is 5.50. The van der Waals surface area contributed by atoms with Gasteiger partial charge in [-0.1, -0.05) is 54.1 Å². The summed E-state index contributed by atoms with van der Waals surface area (Å²) in [4.78, 5) is 12.4. The number of para-hydroxylation sites is 1. The highest BCUT2D eigenvalue weighted by molar-refractivity contribution is 5.99. The molecule has 0 bridgehead atoms. The highest BCUT2D eigenvalue weighted by Gasteiger charge is 2.09. The van der Waals surface area contributed by atoms with Crippen molar-refractivity contribution in [1.29, 1.82) is 0 Å². The number of carbonyl (C=O) groups is 1. The molecule has 0 saturated carbocycles. The molecule has 6 nitrogen and oxygen atoms in total. The minimum absolute atomic E-state index is 0.187. The van der Waals surface area contributed by atoms with Gasteiger partial charge in [0.2, 0.25) is 5.91 Å². The molecule has 1 N–H and O–H groups in total. The summed E-state index contributed by atoms with van der Waals surface area (Å²) >= 11 is 0. The van der Waals surface area contributed by atoms with Crippen LogP contribution in [-0.4, -0.2) is 30.9 Å². The Bertz CT molecular complexity index is 1290. The molecule has 0 fully saturated rings. The van der Waals surface area contributed by atoms with Gasteiger partial charge in [-0.3, -0.25) is 4.79 Å². The predicted octanol–water partition coefficient (Wildman–Crippen LogP) is 4.71. The van der Waals surface area contributed by atoms with Crippen LogP contribution in [-0.2, 0) is 17.8 Å². The van der Waals surface area contributed by atoms with Gasteiger partial charge in [0, 0.05) is 29.2 Å². The molecule has 0 aliphatic rings. The molecule has 4 rings (SSSR count). The number of methoxy groups -OCH3 is 2. The Balaban J connectivity index is 1.47. The van der Waals surface area contributed by atoms with E-state index in [-0.39, 0.29) is 12.3 Å². The maximum Gasteiger partial charge on any atom is 0.244 e. The number of aromatic nitrogens is 1. The maximum atomic E-state index is 12.4. The summed E-state index contributed by atoms with van der Waals surface area (Å²) < 4.78 is 12.7. The van der Waals surface area contributed by atoms with Crippen molar-refractivity contribution in [1.82, 2.24) is 9.99 Å². The smallest absolute Gasteiger partial charge is 0.244 e. The first kappa shape index (κ1) is 22.1. The third kappa shape index (κ3) is 5.23. The van der Waals surface area contributed by atoms with Crippen LogP contribution in [0, 0.1) is 6.92 Å². The lowest BCUT2D eigenvalue weighted by Gasteiger charge is -2.09. The molecule has 0 aliphatic carbocycles. The quantitative estimate of drug-likeness (QED) is 0.318. The van der Waals surface area contributed by atoms with Gasteiger partial charge in [0.1, 0.15) is 0 Å². The summed E-state index contributed by atoms with van der Waals surface area (Å²) in [5.41, 5.74) is 7.98. The zero-order valence-corrected chi connectivity index (χ0v) is 19.0. The fourth-order valence-corrected chi connectivity index (χ4v) is 3.79. The fraction of sp³-hybridized carbons (Fsp3) is 0.185. The lowest BCUT2D eigenvalue weighted by molar-refractivity contribution is -0.120. The number of hydrogen-bond donors (Lipinski definition) is 1. The molecule has 1 aromatic heterocycles. The van der Waals surface area contributed by atoms with Gasteiger partial charge in [0.05, 0.1) is 26.9 Å². The van der Waals surface area contributed by atoms with Gasteiger partial charge in [-0.15, -0.1) is 0 Å². The monoisotopic (exact) mass is 441 g/mol. The summed E-state index contributed by atoms with van der Waals surface area (Å²) in [5.74, 6) is 1.01. The van der Waals surface area contributed by atoms with E-state index in [2.05, 4.69) is 64.6 Å². The molecule has 1 amide bonds. The summed E-state index contributed by atoms with van der Waals surface area (Å²) in [7, 11) is 3.15.